The highest BCUT2D eigenvalue weighted by Crippen LogP contribution is 2.35. The van der Waals surface area contributed by atoms with Crippen molar-refractivity contribution in [2.45, 2.75) is 12.6 Å². The van der Waals surface area contributed by atoms with Crippen LogP contribution in [0.3, 0.4) is 0 Å². The van der Waals surface area contributed by atoms with Crippen LogP contribution in [0.5, 0.6) is 5.75 Å². The third-order valence-corrected chi connectivity index (χ3v) is 5.61. The molecule has 2 aromatic heterocycles. The van der Waals surface area contributed by atoms with E-state index in [1.165, 1.54) is 19.4 Å². The van der Waals surface area contributed by atoms with Gasteiger partial charge in [0.2, 0.25) is 0 Å². The molecule has 4 rings (SSSR count). The van der Waals surface area contributed by atoms with Crippen molar-refractivity contribution in [2.75, 3.05) is 38.2 Å². The smallest absolute Gasteiger partial charge is 0.419 e. The number of amides is 1. The molecule has 0 radical (unpaired) electrons. The standard InChI is InChI=1S/C26H23F3N4O2/c1-35-23-11-9-20(18-19(23)8-10-21-6-2-3-12-30-21)25(34)33-15-5-14-32(16-17-33)24-22(26(27,28)29)7-4-13-31-24/h2-4,6-7,9,11-13,18H,5,14-17H2,1H3. The monoisotopic (exact) mass is 480 g/mol. The molecule has 3 heterocycles. The van der Waals surface area contributed by atoms with Crippen molar-refractivity contribution in [3.63, 3.8) is 0 Å². The van der Waals surface area contributed by atoms with Gasteiger partial charge in [0.05, 0.1) is 18.2 Å². The maximum Gasteiger partial charge on any atom is 0.419 e. The molecule has 35 heavy (non-hydrogen) atoms. The van der Waals surface area contributed by atoms with Gasteiger partial charge in [0.25, 0.3) is 5.91 Å². The van der Waals surface area contributed by atoms with Crippen molar-refractivity contribution < 1.29 is 22.7 Å². The molecule has 1 saturated heterocycles. The summed E-state index contributed by atoms with van der Waals surface area (Å²) in [5, 5.41) is 0. The van der Waals surface area contributed by atoms with E-state index in [2.05, 4.69) is 21.8 Å². The lowest BCUT2D eigenvalue weighted by molar-refractivity contribution is -0.137. The van der Waals surface area contributed by atoms with Gasteiger partial charge in [-0.2, -0.15) is 13.2 Å². The number of anilines is 1. The normalized spacial score (nSPS) is 14.1. The molecule has 3 aromatic rings. The highest BCUT2D eigenvalue weighted by molar-refractivity contribution is 5.95. The zero-order valence-corrected chi connectivity index (χ0v) is 19.0. The molecule has 0 atom stereocenters. The fourth-order valence-corrected chi connectivity index (χ4v) is 3.89. The molecule has 1 aliphatic heterocycles. The summed E-state index contributed by atoms with van der Waals surface area (Å²) < 4.78 is 45.7. The first-order valence-corrected chi connectivity index (χ1v) is 11.0. The number of halogens is 3. The maximum absolute atomic E-state index is 13.4. The van der Waals surface area contributed by atoms with Crippen LogP contribution >= 0.6 is 0 Å². The van der Waals surface area contributed by atoms with Gasteiger partial charge in [-0.05, 0) is 54.8 Å². The van der Waals surface area contributed by atoms with Gasteiger partial charge in [0, 0.05) is 44.1 Å². The molecule has 0 N–H and O–H groups in total. The van der Waals surface area contributed by atoms with Gasteiger partial charge in [-0.15, -0.1) is 0 Å². The summed E-state index contributed by atoms with van der Waals surface area (Å²) in [6, 6.07) is 12.7. The molecule has 9 heteroatoms. The van der Waals surface area contributed by atoms with Crippen molar-refractivity contribution in [2.24, 2.45) is 0 Å². The third kappa shape index (κ3) is 5.72. The second-order valence-corrected chi connectivity index (χ2v) is 7.89. The largest absolute Gasteiger partial charge is 0.495 e. The number of pyridine rings is 2. The Hall–Kier alpha value is -4.06. The maximum atomic E-state index is 13.4. The molecule has 0 aliphatic carbocycles. The molecule has 0 saturated carbocycles. The Bertz CT molecular complexity index is 1250. The van der Waals surface area contributed by atoms with Crippen molar-refractivity contribution in [3.8, 4) is 17.6 Å². The molecule has 1 fully saturated rings. The first kappa shape index (κ1) is 24.1. The Morgan fingerprint density at radius 2 is 1.80 bits per heavy atom. The van der Waals surface area contributed by atoms with Crippen LogP contribution in [0.1, 0.15) is 33.6 Å². The van der Waals surface area contributed by atoms with Gasteiger partial charge in [-0.3, -0.25) is 4.79 Å². The number of ether oxygens (including phenoxy) is 1. The summed E-state index contributed by atoms with van der Waals surface area (Å²) in [6.45, 7) is 1.31. The van der Waals surface area contributed by atoms with E-state index in [1.54, 1.807) is 46.3 Å². The minimum Gasteiger partial charge on any atom is -0.495 e. The lowest BCUT2D eigenvalue weighted by atomic mass is 10.1. The average molecular weight is 480 g/mol. The van der Waals surface area contributed by atoms with E-state index in [0.29, 0.717) is 42.1 Å². The van der Waals surface area contributed by atoms with E-state index in [1.807, 2.05) is 6.07 Å². The number of rotatable bonds is 3. The Labute approximate surface area is 201 Å². The lowest BCUT2D eigenvalue weighted by Crippen LogP contribution is -2.36. The van der Waals surface area contributed by atoms with Gasteiger partial charge in [-0.1, -0.05) is 12.0 Å². The minimum absolute atomic E-state index is 0.106. The van der Waals surface area contributed by atoms with E-state index >= 15 is 0 Å². The number of nitrogens with zero attached hydrogens (tertiary/aromatic N) is 4. The number of carbonyl (C=O) groups excluding carboxylic acids is 1. The Balaban J connectivity index is 1.52. The van der Waals surface area contributed by atoms with Crippen LogP contribution in [0.2, 0.25) is 0 Å². The van der Waals surface area contributed by atoms with Crippen LogP contribution in [-0.2, 0) is 6.18 Å². The van der Waals surface area contributed by atoms with Gasteiger partial charge in [0.1, 0.15) is 17.3 Å². The Morgan fingerprint density at radius 3 is 2.54 bits per heavy atom. The fourth-order valence-electron chi connectivity index (χ4n) is 3.89. The number of aromatic nitrogens is 2. The average Bonchev–Trinajstić information content (AvgIpc) is 3.13. The third-order valence-electron chi connectivity index (χ3n) is 5.61. The Kier molecular flexibility index (Phi) is 7.20. The number of hydrogen-bond acceptors (Lipinski definition) is 5. The topological polar surface area (TPSA) is 58.6 Å². The number of hydrogen-bond donors (Lipinski definition) is 0. The van der Waals surface area contributed by atoms with E-state index in [0.717, 1.165) is 6.07 Å². The molecule has 180 valence electrons. The molecule has 1 aliphatic rings. The minimum atomic E-state index is -4.50. The number of benzene rings is 1. The van der Waals surface area contributed by atoms with Crippen molar-refractivity contribution in [1.29, 1.82) is 0 Å². The number of alkyl halides is 3. The molecule has 0 spiro atoms. The van der Waals surface area contributed by atoms with Crippen LogP contribution < -0.4 is 9.64 Å². The molecule has 1 amide bonds. The van der Waals surface area contributed by atoms with Crippen LogP contribution in [0.4, 0.5) is 19.0 Å². The second-order valence-electron chi connectivity index (χ2n) is 7.89. The summed E-state index contributed by atoms with van der Waals surface area (Å²) in [5.41, 5.74) is 0.792. The van der Waals surface area contributed by atoms with E-state index in [-0.39, 0.29) is 24.8 Å². The van der Waals surface area contributed by atoms with Crippen molar-refractivity contribution in [3.05, 3.63) is 83.3 Å². The first-order valence-electron chi connectivity index (χ1n) is 11.0. The molecular formula is C26H23F3N4O2. The van der Waals surface area contributed by atoms with Crippen LogP contribution in [0, 0.1) is 11.8 Å². The first-order chi connectivity index (χ1) is 16.9. The van der Waals surface area contributed by atoms with Gasteiger partial charge < -0.3 is 14.5 Å². The van der Waals surface area contributed by atoms with Crippen molar-refractivity contribution in [1.82, 2.24) is 14.9 Å². The van der Waals surface area contributed by atoms with Gasteiger partial charge in [-0.25, -0.2) is 9.97 Å². The van der Waals surface area contributed by atoms with Crippen LogP contribution in [0.25, 0.3) is 0 Å². The predicted octanol–water partition coefficient (Wildman–Crippen LogP) is 4.26. The quantitative estimate of drug-likeness (QED) is 0.525. The summed E-state index contributed by atoms with van der Waals surface area (Å²) in [7, 11) is 1.53. The molecule has 0 unspecified atom stereocenters. The zero-order valence-electron chi connectivity index (χ0n) is 19.0. The van der Waals surface area contributed by atoms with E-state index in [9.17, 15) is 18.0 Å². The lowest BCUT2D eigenvalue weighted by Gasteiger charge is -2.25. The highest BCUT2D eigenvalue weighted by atomic mass is 19.4. The summed E-state index contributed by atoms with van der Waals surface area (Å²) in [6.07, 6.45) is -0.987. The van der Waals surface area contributed by atoms with Crippen molar-refractivity contribution >= 4 is 11.7 Å². The van der Waals surface area contributed by atoms with Gasteiger partial charge in [0.15, 0.2) is 0 Å². The summed E-state index contributed by atoms with van der Waals surface area (Å²) in [4.78, 5) is 24.7. The van der Waals surface area contributed by atoms with Crippen LogP contribution in [0.15, 0.2) is 60.9 Å². The Morgan fingerprint density at radius 1 is 0.971 bits per heavy atom. The molecule has 0 bridgehead atoms. The second kappa shape index (κ2) is 10.5. The number of methoxy groups -OCH3 is 1. The molecular weight excluding hydrogens is 457 g/mol. The highest BCUT2D eigenvalue weighted by Gasteiger charge is 2.36. The van der Waals surface area contributed by atoms with Gasteiger partial charge >= 0.3 is 6.18 Å². The number of carbonyl (C=O) groups is 1. The fraction of sp³-hybridized carbons (Fsp3) is 0.269. The SMILES string of the molecule is COc1ccc(C(=O)N2CCCN(c3ncccc3C(F)(F)F)CC2)cc1C#Cc1ccccn1. The summed E-state index contributed by atoms with van der Waals surface area (Å²) >= 11 is 0. The van der Waals surface area contributed by atoms with Crippen LogP contribution in [-0.4, -0.2) is 54.1 Å². The van der Waals surface area contributed by atoms with E-state index in [4.69, 9.17) is 4.74 Å². The summed E-state index contributed by atoms with van der Waals surface area (Å²) in [5.74, 6) is 6.18. The van der Waals surface area contributed by atoms with E-state index < -0.39 is 11.7 Å². The predicted molar refractivity (Wildman–Crippen MR) is 125 cm³/mol. The molecule has 1 aromatic carbocycles. The molecule has 6 nitrogen and oxygen atoms in total. The zero-order chi connectivity index (χ0) is 24.8.